The molecular weight excluding hydrogens is 462 g/mol. The van der Waals surface area contributed by atoms with Gasteiger partial charge in [-0.2, -0.15) is 13.2 Å². The Morgan fingerprint density at radius 2 is 2.03 bits per heavy atom. The lowest BCUT2D eigenvalue weighted by Crippen LogP contribution is -2.17. The number of hydrogen-bond acceptors (Lipinski definition) is 9. The van der Waals surface area contributed by atoms with Gasteiger partial charge in [0.2, 0.25) is 0 Å². The van der Waals surface area contributed by atoms with E-state index in [0.29, 0.717) is 11.2 Å². The van der Waals surface area contributed by atoms with Crippen molar-refractivity contribution in [2.24, 2.45) is 5.92 Å². The first-order valence-electron chi connectivity index (χ1n) is 9.25. The van der Waals surface area contributed by atoms with Gasteiger partial charge in [0.05, 0.1) is 19.5 Å². The van der Waals surface area contributed by atoms with Crippen LogP contribution in [0.5, 0.6) is 0 Å². The molecule has 0 aliphatic carbocycles. The van der Waals surface area contributed by atoms with Crippen LogP contribution in [0.4, 0.5) is 23.8 Å². The molecule has 0 aliphatic rings. The number of amides is 1. The van der Waals surface area contributed by atoms with Crippen LogP contribution in [0.1, 0.15) is 13.8 Å². The van der Waals surface area contributed by atoms with Crippen molar-refractivity contribution in [2.45, 2.75) is 26.6 Å². The fourth-order valence-corrected chi connectivity index (χ4v) is 2.88. The molecule has 0 spiro atoms. The molecule has 2 rings (SSSR count). The SMILES string of the molecule is CC(C)COC(=O)Nc1ncnc2c1ncn2CCOCOCP(=O)(O)OCC(F)(F)F. The van der Waals surface area contributed by atoms with Crippen molar-refractivity contribution in [3.05, 3.63) is 12.7 Å². The Morgan fingerprint density at radius 1 is 1.28 bits per heavy atom. The Morgan fingerprint density at radius 3 is 2.72 bits per heavy atom. The van der Waals surface area contributed by atoms with E-state index in [9.17, 15) is 27.4 Å². The van der Waals surface area contributed by atoms with Crippen LogP contribution in [0.3, 0.4) is 0 Å². The van der Waals surface area contributed by atoms with Gasteiger partial charge in [0.25, 0.3) is 0 Å². The number of aromatic nitrogens is 4. The third-order valence-corrected chi connectivity index (χ3v) is 4.54. The molecule has 0 saturated heterocycles. The molecular formula is C16H23F3N5O7P. The Kier molecular flexibility index (Phi) is 9.33. The smallest absolute Gasteiger partial charge is 0.412 e. The quantitative estimate of drug-likeness (QED) is 0.261. The van der Waals surface area contributed by atoms with E-state index in [1.807, 2.05) is 13.8 Å². The Bertz CT molecular complexity index is 940. The zero-order valence-corrected chi connectivity index (χ0v) is 18.1. The molecule has 2 N–H and O–H groups in total. The Labute approximate surface area is 180 Å². The number of nitrogens with zero attached hydrogens (tertiary/aromatic N) is 4. The van der Waals surface area contributed by atoms with E-state index >= 15 is 0 Å². The maximum Gasteiger partial charge on any atom is 0.412 e. The predicted octanol–water partition coefficient (Wildman–Crippen LogP) is 2.74. The van der Waals surface area contributed by atoms with Gasteiger partial charge in [-0.15, -0.1) is 0 Å². The number of alkyl halides is 3. The van der Waals surface area contributed by atoms with Crippen molar-refractivity contribution in [1.82, 2.24) is 19.5 Å². The fraction of sp³-hybridized carbons (Fsp3) is 0.625. The van der Waals surface area contributed by atoms with Crippen molar-refractivity contribution in [2.75, 3.05) is 38.3 Å². The number of fused-ring (bicyclic) bond motifs is 1. The van der Waals surface area contributed by atoms with Gasteiger partial charge in [-0.3, -0.25) is 14.4 Å². The predicted molar refractivity (Wildman–Crippen MR) is 104 cm³/mol. The van der Waals surface area contributed by atoms with Crippen molar-refractivity contribution in [3.63, 3.8) is 0 Å². The summed E-state index contributed by atoms with van der Waals surface area (Å²) in [5, 5.41) is 2.50. The van der Waals surface area contributed by atoms with Crippen LogP contribution in [0, 0.1) is 5.92 Å². The van der Waals surface area contributed by atoms with Gasteiger partial charge in [-0.25, -0.2) is 19.7 Å². The molecule has 32 heavy (non-hydrogen) atoms. The van der Waals surface area contributed by atoms with Crippen molar-refractivity contribution < 1.29 is 46.2 Å². The molecule has 0 bridgehead atoms. The van der Waals surface area contributed by atoms with Gasteiger partial charge in [-0.05, 0) is 5.92 Å². The maximum absolute atomic E-state index is 12.0. The largest absolute Gasteiger partial charge is 0.449 e. The number of carbonyl (C=O) groups excluding carboxylic acids is 1. The van der Waals surface area contributed by atoms with Gasteiger partial charge in [0.15, 0.2) is 29.9 Å². The zero-order chi connectivity index (χ0) is 23.8. The van der Waals surface area contributed by atoms with Gasteiger partial charge in [0, 0.05) is 6.54 Å². The second-order valence-electron chi connectivity index (χ2n) is 6.84. The second-order valence-corrected chi connectivity index (χ2v) is 8.63. The van der Waals surface area contributed by atoms with Crippen molar-refractivity contribution in [3.8, 4) is 0 Å². The first kappa shape index (κ1) is 25.9. The lowest BCUT2D eigenvalue weighted by atomic mass is 10.2. The number of hydrogen-bond donors (Lipinski definition) is 2. The highest BCUT2D eigenvalue weighted by Gasteiger charge is 2.32. The minimum absolute atomic E-state index is 0.0633. The van der Waals surface area contributed by atoms with Crippen LogP contribution in [0.2, 0.25) is 0 Å². The molecule has 1 unspecified atom stereocenters. The molecule has 2 aromatic heterocycles. The molecule has 0 saturated carbocycles. The van der Waals surface area contributed by atoms with Crippen LogP contribution in [-0.4, -0.2) is 69.6 Å². The highest BCUT2D eigenvalue weighted by atomic mass is 31.2. The van der Waals surface area contributed by atoms with Gasteiger partial charge >= 0.3 is 19.9 Å². The minimum Gasteiger partial charge on any atom is -0.449 e. The molecule has 0 fully saturated rings. The molecule has 0 radical (unpaired) electrons. The number of nitrogens with one attached hydrogen (secondary N) is 1. The van der Waals surface area contributed by atoms with E-state index < -0.39 is 39.6 Å². The van der Waals surface area contributed by atoms with Crippen LogP contribution in [0.25, 0.3) is 11.2 Å². The molecule has 1 atom stereocenters. The van der Waals surface area contributed by atoms with E-state index in [4.69, 9.17) is 14.2 Å². The van der Waals surface area contributed by atoms with E-state index in [1.165, 1.54) is 12.7 Å². The highest BCUT2D eigenvalue weighted by Crippen LogP contribution is 2.43. The first-order valence-corrected chi connectivity index (χ1v) is 11.0. The van der Waals surface area contributed by atoms with Crippen LogP contribution >= 0.6 is 7.60 Å². The summed E-state index contributed by atoms with van der Waals surface area (Å²) in [5.74, 6) is 0.343. The van der Waals surface area contributed by atoms with E-state index in [-0.39, 0.29) is 31.5 Å². The standard InChI is InChI=1S/C16H23F3N5O7P/c1-11(2)5-30-15(25)23-13-12-14(21-7-20-13)24(8-22-12)3-4-28-9-29-10-32(26,27)31-6-16(17,18)19/h7-8,11H,3-6,9-10H2,1-2H3,(H,26,27)(H,20,21,23,25). The fourth-order valence-electron chi connectivity index (χ4n) is 2.16. The second kappa shape index (κ2) is 11.5. The Hall–Kier alpha value is -2.32. The minimum atomic E-state index is -4.73. The Balaban J connectivity index is 1.78. The summed E-state index contributed by atoms with van der Waals surface area (Å²) in [6, 6.07) is 0. The summed E-state index contributed by atoms with van der Waals surface area (Å²) >= 11 is 0. The average Bonchev–Trinajstić information content (AvgIpc) is 3.11. The van der Waals surface area contributed by atoms with Gasteiger partial charge in [0.1, 0.15) is 13.1 Å². The van der Waals surface area contributed by atoms with Crippen LogP contribution < -0.4 is 5.32 Å². The number of imidazole rings is 1. The topological polar surface area (TPSA) is 147 Å². The summed E-state index contributed by atoms with van der Waals surface area (Å²) in [5.41, 5.74) is 0.734. The van der Waals surface area contributed by atoms with Crippen molar-refractivity contribution >= 4 is 30.7 Å². The summed E-state index contributed by atoms with van der Waals surface area (Å²) in [6.07, 6.45) is -3.67. The highest BCUT2D eigenvalue weighted by molar-refractivity contribution is 7.52. The molecule has 12 nitrogen and oxygen atoms in total. The molecule has 2 aromatic rings. The summed E-state index contributed by atoms with van der Waals surface area (Å²) in [7, 11) is -4.55. The average molecular weight is 485 g/mol. The summed E-state index contributed by atoms with van der Waals surface area (Å²) in [4.78, 5) is 33.3. The number of ether oxygens (including phenoxy) is 3. The molecule has 0 aromatic carbocycles. The van der Waals surface area contributed by atoms with E-state index in [2.05, 4.69) is 24.8 Å². The molecule has 1 amide bonds. The molecule has 180 valence electrons. The van der Waals surface area contributed by atoms with E-state index in [0.717, 1.165) is 0 Å². The van der Waals surface area contributed by atoms with Gasteiger partial charge in [-0.1, -0.05) is 13.8 Å². The molecule has 16 heteroatoms. The number of rotatable bonds is 12. The number of carbonyl (C=O) groups is 1. The van der Waals surface area contributed by atoms with Gasteiger partial charge < -0.3 is 23.7 Å². The summed E-state index contributed by atoms with van der Waals surface area (Å²) in [6.45, 7) is 2.05. The third-order valence-electron chi connectivity index (χ3n) is 3.50. The maximum atomic E-state index is 12.0. The molecule has 0 aliphatic heterocycles. The number of halogens is 3. The van der Waals surface area contributed by atoms with E-state index in [1.54, 1.807) is 4.57 Å². The third kappa shape index (κ3) is 9.04. The normalized spacial score (nSPS) is 14.0. The lowest BCUT2D eigenvalue weighted by Gasteiger charge is -2.14. The molecule has 2 heterocycles. The van der Waals surface area contributed by atoms with Crippen molar-refractivity contribution in [1.29, 1.82) is 0 Å². The van der Waals surface area contributed by atoms with Crippen LogP contribution in [-0.2, 0) is 29.8 Å². The summed E-state index contributed by atoms with van der Waals surface area (Å²) < 4.78 is 67.8. The first-order chi connectivity index (χ1) is 15.0. The lowest BCUT2D eigenvalue weighted by molar-refractivity contribution is -0.155. The zero-order valence-electron chi connectivity index (χ0n) is 17.2. The monoisotopic (exact) mass is 485 g/mol. The van der Waals surface area contributed by atoms with Crippen LogP contribution in [0.15, 0.2) is 12.7 Å². The number of anilines is 1.